The highest BCUT2D eigenvalue weighted by atomic mass is 32.2. The lowest BCUT2D eigenvalue weighted by atomic mass is 10.3. The third-order valence-corrected chi connectivity index (χ3v) is 5.53. The summed E-state index contributed by atoms with van der Waals surface area (Å²) in [5.74, 6) is -6.16. The van der Waals surface area contributed by atoms with Crippen LogP contribution in [0.5, 0.6) is 0 Å². The number of thioether (sulfide) groups is 1. The molecule has 1 aromatic heterocycles. The minimum absolute atomic E-state index is 0.121. The fraction of sp³-hybridized carbons (Fsp3) is 0.190. The monoisotopic (exact) mass is 464 g/mol. The SMILES string of the molecule is Cc1c(NC(=O)CSCC(=O)Nc2ccc(F)c(F)c2F)c(=O)n(-c2ccccc2)n1C. The van der Waals surface area contributed by atoms with E-state index in [0.29, 0.717) is 17.4 Å². The summed E-state index contributed by atoms with van der Waals surface area (Å²) in [5, 5.41) is 4.68. The third kappa shape index (κ3) is 4.88. The number of anilines is 2. The van der Waals surface area contributed by atoms with Crippen LogP contribution < -0.4 is 16.2 Å². The van der Waals surface area contributed by atoms with E-state index in [2.05, 4.69) is 10.6 Å². The molecule has 2 amide bonds. The van der Waals surface area contributed by atoms with Crippen LogP contribution in [-0.4, -0.2) is 32.7 Å². The van der Waals surface area contributed by atoms with Crippen LogP contribution in [0.4, 0.5) is 24.5 Å². The van der Waals surface area contributed by atoms with Gasteiger partial charge in [-0.1, -0.05) is 18.2 Å². The van der Waals surface area contributed by atoms with Gasteiger partial charge in [-0.05, 0) is 31.2 Å². The third-order valence-electron chi connectivity index (χ3n) is 4.59. The summed E-state index contributed by atoms with van der Waals surface area (Å²) in [5.41, 5.74) is 0.402. The lowest BCUT2D eigenvalue weighted by molar-refractivity contribution is -0.114. The molecule has 0 saturated carbocycles. The van der Waals surface area contributed by atoms with Crippen LogP contribution in [0, 0.1) is 24.4 Å². The van der Waals surface area contributed by atoms with E-state index in [1.165, 1.54) is 4.68 Å². The van der Waals surface area contributed by atoms with Crippen molar-refractivity contribution in [1.29, 1.82) is 0 Å². The fourth-order valence-corrected chi connectivity index (χ4v) is 3.55. The number of nitrogens with zero attached hydrogens (tertiary/aromatic N) is 2. The maximum absolute atomic E-state index is 13.6. The Kier molecular flexibility index (Phi) is 7.08. The second kappa shape index (κ2) is 9.77. The number of aromatic nitrogens is 2. The molecule has 11 heteroatoms. The largest absolute Gasteiger partial charge is 0.323 e. The number of nitrogens with one attached hydrogen (secondary N) is 2. The predicted molar refractivity (Wildman–Crippen MR) is 117 cm³/mol. The van der Waals surface area contributed by atoms with Crippen molar-refractivity contribution in [3.8, 4) is 5.69 Å². The molecule has 0 aliphatic rings. The van der Waals surface area contributed by atoms with Crippen LogP contribution in [0.2, 0.25) is 0 Å². The summed E-state index contributed by atoms with van der Waals surface area (Å²) in [6.45, 7) is 1.69. The number of hydrogen-bond donors (Lipinski definition) is 2. The number of hydrogen-bond acceptors (Lipinski definition) is 4. The molecule has 3 rings (SSSR count). The zero-order chi connectivity index (χ0) is 23.4. The molecule has 7 nitrogen and oxygen atoms in total. The molecule has 3 aromatic rings. The lowest BCUT2D eigenvalue weighted by Gasteiger charge is -2.07. The number of para-hydroxylation sites is 1. The van der Waals surface area contributed by atoms with E-state index in [1.807, 2.05) is 6.07 Å². The molecule has 2 aromatic carbocycles. The minimum Gasteiger partial charge on any atom is -0.323 e. The number of benzene rings is 2. The Bertz CT molecular complexity index is 1230. The van der Waals surface area contributed by atoms with Crippen molar-refractivity contribution < 1.29 is 22.8 Å². The van der Waals surface area contributed by atoms with Crippen LogP contribution in [0.25, 0.3) is 5.69 Å². The van der Waals surface area contributed by atoms with Gasteiger partial charge in [0.25, 0.3) is 5.56 Å². The van der Waals surface area contributed by atoms with Crippen molar-refractivity contribution in [1.82, 2.24) is 9.36 Å². The highest BCUT2D eigenvalue weighted by Gasteiger charge is 2.19. The van der Waals surface area contributed by atoms with Crippen molar-refractivity contribution >= 4 is 35.0 Å². The Labute approximate surface area is 185 Å². The summed E-state index contributed by atoms with van der Waals surface area (Å²) < 4.78 is 42.8. The van der Waals surface area contributed by atoms with Crippen LogP contribution in [-0.2, 0) is 16.6 Å². The molecule has 0 aliphatic heterocycles. The molecule has 32 heavy (non-hydrogen) atoms. The Hall–Kier alpha value is -3.47. The van der Waals surface area contributed by atoms with E-state index in [9.17, 15) is 27.6 Å². The van der Waals surface area contributed by atoms with Crippen LogP contribution in [0.1, 0.15) is 5.69 Å². The van der Waals surface area contributed by atoms with E-state index in [4.69, 9.17) is 0 Å². The summed E-state index contributed by atoms with van der Waals surface area (Å²) in [4.78, 5) is 37.0. The quantitative estimate of drug-likeness (QED) is 0.526. The van der Waals surface area contributed by atoms with Crippen molar-refractivity contribution in [2.75, 3.05) is 22.1 Å². The zero-order valence-electron chi connectivity index (χ0n) is 17.1. The Morgan fingerprint density at radius 2 is 1.56 bits per heavy atom. The van der Waals surface area contributed by atoms with Crippen LogP contribution in [0.15, 0.2) is 47.3 Å². The predicted octanol–water partition coefficient (Wildman–Crippen LogP) is 3.21. The van der Waals surface area contributed by atoms with E-state index in [-0.39, 0.29) is 17.2 Å². The van der Waals surface area contributed by atoms with Gasteiger partial charge in [-0.3, -0.25) is 19.1 Å². The van der Waals surface area contributed by atoms with E-state index >= 15 is 0 Å². The Balaban J connectivity index is 1.58. The first-order chi connectivity index (χ1) is 15.2. The van der Waals surface area contributed by atoms with Gasteiger partial charge in [0.05, 0.1) is 28.6 Å². The number of rotatable bonds is 7. The first kappa shape index (κ1) is 23.2. The van der Waals surface area contributed by atoms with Crippen molar-refractivity contribution in [2.45, 2.75) is 6.92 Å². The maximum atomic E-state index is 13.6. The molecule has 0 unspecified atom stereocenters. The van der Waals surface area contributed by atoms with Crippen LogP contribution in [0.3, 0.4) is 0 Å². The van der Waals surface area contributed by atoms with E-state index in [1.54, 1.807) is 42.9 Å². The number of halogens is 3. The molecule has 0 saturated heterocycles. The lowest BCUT2D eigenvalue weighted by Crippen LogP contribution is -2.24. The van der Waals surface area contributed by atoms with Gasteiger partial charge in [-0.25, -0.2) is 17.9 Å². The van der Waals surface area contributed by atoms with Gasteiger partial charge >= 0.3 is 0 Å². The summed E-state index contributed by atoms with van der Waals surface area (Å²) in [6, 6.07) is 10.5. The van der Waals surface area contributed by atoms with Gasteiger partial charge in [0.1, 0.15) is 5.69 Å². The first-order valence-corrected chi connectivity index (χ1v) is 10.5. The highest BCUT2D eigenvalue weighted by Crippen LogP contribution is 2.20. The van der Waals surface area contributed by atoms with Gasteiger partial charge in [-0.15, -0.1) is 11.8 Å². The van der Waals surface area contributed by atoms with Crippen LogP contribution >= 0.6 is 11.8 Å². The Morgan fingerprint density at radius 1 is 0.938 bits per heavy atom. The van der Waals surface area contributed by atoms with Crippen molar-refractivity contribution in [2.24, 2.45) is 7.05 Å². The fourth-order valence-electron chi connectivity index (χ4n) is 2.93. The molecule has 2 N–H and O–H groups in total. The molecule has 0 aliphatic carbocycles. The maximum Gasteiger partial charge on any atom is 0.295 e. The second-order valence-electron chi connectivity index (χ2n) is 6.75. The Morgan fingerprint density at radius 3 is 2.22 bits per heavy atom. The van der Waals surface area contributed by atoms with E-state index in [0.717, 1.165) is 17.8 Å². The average Bonchev–Trinajstić information content (AvgIpc) is 2.98. The molecule has 0 radical (unpaired) electrons. The topological polar surface area (TPSA) is 85.1 Å². The summed E-state index contributed by atoms with van der Waals surface area (Å²) >= 11 is 0.910. The molecule has 0 spiro atoms. The average molecular weight is 464 g/mol. The number of amides is 2. The van der Waals surface area contributed by atoms with Gasteiger partial charge in [0.2, 0.25) is 11.8 Å². The normalized spacial score (nSPS) is 10.8. The summed E-state index contributed by atoms with van der Waals surface area (Å²) in [6.07, 6.45) is 0. The molecule has 0 atom stereocenters. The first-order valence-electron chi connectivity index (χ1n) is 9.35. The van der Waals surface area contributed by atoms with Gasteiger partial charge in [-0.2, -0.15) is 0 Å². The molecule has 1 heterocycles. The number of carbonyl (C=O) groups is 2. The zero-order valence-corrected chi connectivity index (χ0v) is 17.9. The van der Waals surface area contributed by atoms with E-state index < -0.39 is 40.5 Å². The second-order valence-corrected chi connectivity index (χ2v) is 7.73. The van der Waals surface area contributed by atoms with Crippen molar-refractivity contribution in [3.63, 3.8) is 0 Å². The molecule has 0 bridgehead atoms. The minimum atomic E-state index is -1.69. The molecule has 0 fully saturated rings. The smallest absolute Gasteiger partial charge is 0.295 e. The number of carbonyl (C=O) groups excluding carboxylic acids is 2. The molecular weight excluding hydrogens is 445 g/mol. The molecule has 168 valence electrons. The molecular formula is C21H19F3N4O3S. The van der Waals surface area contributed by atoms with Gasteiger partial charge < -0.3 is 10.6 Å². The van der Waals surface area contributed by atoms with Gasteiger partial charge in [0, 0.05) is 7.05 Å². The van der Waals surface area contributed by atoms with Crippen molar-refractivity contribution in [3.05, 3.63) is 76.0 Å². The highest BCUT2D eigenvalue weighted by molar-refractivity contribution is 8.00. The standard InChI is InChI=1S/C21H19F3N4O3S/c1-12-20(21(31)28(27(12)2)13-6-4-3-5-7-13)26-17(30)11-32-10-16(29)25-15-9-8-14(22)18(23)19(15)24/h3-9H,10-11H2,1-2H3,(H,25,29)(H,26,30). The van der Waals surface area contributed by atoms with Gasteiger partial charge in [0.15, 0.2) is 17.5 Å². The summed E-state index contributed by atoms with van der Waals surface area (Å²) in [7, 11) is 1.69.